The van der Waals surface area contributed by atoms with Gasteiger partial charge in [0.25, 0.3) is 0 Å². The average molecular weight is 388 g/mol. The van der Waals surface area contributed by atoms with E-state index in [1.54, 1.807) is 35.4 Å². The van der Waals surface area contributed by atoms with Gasteiger partial charge >= 0.3 is 6.03 Å². The largest absolute Gasteiger partial charge is 0.339 e. The standard InChI is InChI=1S/C21H20N6O2/c1-14-4-3-9-23-18(14)19-25-20(29-26-19)16-7-10-27(11-8-16)21(28)24-17-6-2-5-15(12-17)13-22/h2-6,9,12,16H,7-8,10-11H2,1H3,(H,24,28). The Labute approximate surface area is 168 Å². The predicted molar refractivity (Wildman–Crippen MR) is 106 cm³/mol. The molecule has 1 saturated heterocycles. The van der Waals surface area contributed by atoms with E-state index in [0.717, 1.165) is 24.1 Å². The van der Waals surface area contributed by atoms with Crippen LogP contribution in [0.25, 0.3) is 11.5 Å². The highest BCUT2D eigenvalue weighted by Crippen LogP contribution is 2.29. The van der Waals surface area contributed by atoms with E-state index in [2.05, 4.69) is 26.5 Å². The van der Waals surface area contributed by atoms with Gasteiger partial charge in [-0.1, -0.05) is 17.3 Å². The number of carbonyl (C=O) groups excluding carboxylic acids is 1. The molecule has 0 bridgehead atoms. The van der Waals surface area contributed by atoms with Crippen molar-refractivity contribution in [3.05, 3.63) is 59.6 Å². The highest BCUT2D eigenvalue weighted by atomic mass is 16.5. The highest BCUT2D eigenvalue weighted by molar-refractivity contribution is 5.89. The minimum atomic E-state index is -0.172. The molecule has 8 nitrogen and oxygen atoms in total. The lowest BCUT2D eigenvalue weighted by atomic mass is 9.97. The molecule has 0 saturated carbocycles. The van der Waals surface area contributed by atoms with E-state index < -0.39 is 0 Å². The van der Waals surface area contributed by atoms with Crippen LogP contribution >= 0.6 is 0 Å². The molecular formula is C21H20N6O2. The van der Waals surface area contributed by atoms with Crippen molar-refractivity contribution in [3.8, 4) is 17.6 Å². The molecular weight excluding hydrogens is 368 g/mol. The molecule has 0 radical (unpaired) electrons. The molecule has 1 aliphatic heterocycles. The molecule has 3 aromatic rings. The van der Waals surface area contributed by atoms with E-state index in [-0.39, 0.29) is 11.9 Å². The Morgan fingerprint density at radius 3 is 2.86 bits per heavy atom. The summed E-state index contributed by atoms with van der Waals surface area (Å²) in [6, 6.07) is 12.6. The number of likely N-dealkylation sites (tertiary alicyclic amines) is 1. The van der Waals surface area contributed by atoms with Gasteiger partial charge in [-0.15, -0.1) is 0 Å². The third kappa shape index (κ3) is 4.09. The van der Waals surface area contributed by atoms with Gasteiger partial charge in [-0.3, -0.25) is 4.98 Å². The number of rotatable bonds is 3. The van der Waals surface area contributed by atoms with Gasteiger partial charge in [0, 0.05) is 30.9 Å². The number of nitriles is 1. The van der Waals surface area contributed by atoms with Gasteiger partial charge in [0.1, 0.15) is 5.69 Å². The van der Waals surface area contributed by atoms with E-state index in [0.29, 0.717) is 36.1 Å². The number of amides is 2. The number of aryl methyl sites for hydroxylation is 1. The summed E-state index contributed by atoms with van der Waals surface area (Å²) in [5.41, 5.74) is 2.84. The quantitative estimate of drug-likeness (QED) is 0.732. The number of nitrogens with one attached hydrogen (secondary N) is 1. The second-order valence-corrected chi connectivity index (χ2v) is 7.01. The molecule has 0 spiro atoms. The van der Waals surface area contributed by atoms with E-state index in [9.17, 15) is 4.79 Å². The zero-order valence-electron chi connectivity index (χ0n) is 16.0. The normalized spacial score (nSPS) is 14.4. The zero-order chi connectivity index (χ0) is 20.2. The monoisotopic (exact) mass is 388 g/mol. The molecule has 146 valence electrons. The SMILES string of the molecule is Cc1cccnc1-c1noc(C2CCN(C(=O)Nc3cccc(C#N)c3)CC2)n1. The number of hydrogen-bond donors (Lipinski definition) is 1. The van der Waals surface area contributed by atoms with Gasteiger partial charge in [0.15, 0.2) is 0 Å². The summed E-state index contributed by atoms with van der Waals surface area (Å²) >= 11 is 0. The van der Waals surface area contributed by atoms with E-state index >= 15 is 0 Å². The molecule has 2 aromatic heterocycles. The summed E-state index contributed by atoms with van der Waals surface area (Å²) in [4.78, 5) is 23.1. The van der Waals surface area contributed by atoms with Crippen molar-refractivity contribution in [1.29, 1.82) is 5.26 Å². The number of hydrogen-bond acceptors (Lipinski definition) is 6. The number of piperidine rings is 1. The van der Waals surface area contributed by atoms with Crippen LogP contribution < -0.4 is 5.32 Å². The van der Waals surface area contributed by atoms with E-state index in [1.165, 1.54) is 0 Å². The summed E-state index contributed by atoms with van der Waals surface area (Å²) in [5, 5.41) is 15.9. The van der Waals surface area contributed by atoms with Crippen molar-refractivity contribution in [3.63, 3.8) is 0 Å². The predicted octanol–water partition coefficient (Wildman–Crippen LogP) is 3.72. The molecule has 2 amide bonds. The number of carbonyl (C=O) groups is 1. The van der Waals surface area contributed by atoms with Crippen LogP contribution in [-0.2, 0) is 0 Å². The summed E-state index contributed by atoms with van der Waals surface area (Å²) in [7, 11) is 0. The Morgan fingerprint density at radius 2 is 2.10 bits per heavy atom. The molecule has 3 heterocycles. The molecule has 1 fully saturated rings. The molecule has 1 N–H and O–H groups in total. The van der Waals surface area contributed by atoms with Crippen molar-refractivity contribution in [2.24, 2.45) is 0 Å². The van der Waals surface area contributed by atoms with Gasteiger partial charge in [-0.2, -0.15) is 10.2 Å². The van der Waals surface area contributed by atoms with Gasteiger partial charge in [0.05, 0.1) is 11.6 Å². The average Bonchev–Trinajstić information content (AvgIpc) is 3.24. The van der Waals surface area contributed by atoms with Crippen molar-refractivity contribution >= 4 is 11.7 Å². The number of pyridine rings is 1. The first-order valence-electron chi connectivity index (χ1n) is 9.45. The Morgan fingerprint density at radius 1 is 1.28 bits per heavy atom. The molecule has 0 aliphatic carbocycles. The molecule has 8 heteroatoms. The second kappa shape index (κ2) is 8.10. The minimum Gasteiger partial charge on any atom is -0.339 e. The molecule has 4 rings (SSSR count). The maximum absolute atomic E-state index is 12.5. The summed E-state index contributed by atoms with van der Waals surface area (Å²) in [6.07, 6.45) is 3.20. The molecule has 29 heavy (non-hydrogen) atoms. The zero-order valence-corrected chi connectivity index (χ0v) is 16.0. The smallest absolute Gasteiger partial charge is 0.321 e. The highest BCUT2D eigenvalue weighted by Gasteiger charge is 2.28. The maximum atomic E-state index is 12.5. The molecule has 0 atom stereocenters. The lowest BCUT2D eigenvalue weighted by molar-refractivity contribution is 0.187. The lowest BCUT2D eigenvalue weighted by Crippen LogP contribution is -2.40. The van der Waals surface area contributed by atoms with Crippen LogP contribution in [0.3, 0.4) is 0 Å². The number of nitrogens with zero attached hydrogens (tertiary/aromatic N) is 5. The summed E-state index contributed by atoms with van der Waals surface area (Å²) < 4.78 is 5.48. The fourth-order valence-electron chi connectivity index (χ4n) is 3.42. The van der Waals surface area contributed by atoms with Crippen LogP contribution in [0, 0.1) is 18.3 Å². The summed E-state index contributed by atoms with van der Waals surface area (Å²) in [5.74, 6) is 1.20. The van der Waals surface area contributed by atoms with Crippen molar-refractivity contribution in [2.75, 3.05) is 18.4 Å². The first-order valence-corrected chi connectivity index (χ1v) is 9.45. The minimum absolute atomic E-state index is 0.117. The Kier molecular flexibility index (Phi) is 5.20. The fraction of sp³-hybridized carbons (Fsp3) is 0.286. The number of benzene rings is 1. The molecule has 1 aliphatic rings. The van der Waals surface area contributed by atoms with Crippen LogP contribution in [0.1, 0.15) is 35.8 Å². The van der Waals surface area contributed by atoms with Crippen LogP contribution in [0.15, 0.2) is 47.1 Å². The van der Waals surface area contributed by atoms with Gasteiger partial charge < -0.3 is 14.7 Å². The van der Waals surface area contributed by atoms with Gasteiger partial charge in [-0.25, -0.2) is 4.79 Å². The van der Waals surface area contributed by atoms with E-state index in [1.807, 2.05) is 19.1 Å². The number of aromatic nitrogens is 3. The topological polar surface area (TPSA) is 108 Å². The van der Waals surface area contributed by atoms with Crippen molar-refractivity contribution < 1.29 is 9.32 Å². The Bertz CT molecular complexity index is 1060. The van der Waals surface area contributed by atoms with Gasteiger partial charge in [-0.05, 0) is 49.6 Å². The summed E-state index contributed by atoms with van der Waals surface area (Å²) in [6.45, 7) is 3.14. The van der Waals surface area contributed by atoms with Crippen LogP contribution in [0.2, 0.25) is 0 Å². The Balaban J connectivity index is 1.36. The molecule has 0 unspecified atom stereocenters. The van der Waals surface area contributed by atoms with Crippen molar-refractivity contribution in [1.82, 2.24) is 20.0 Å². The number of urea groups is 1. The number of anilines is 1. The van der Waals surface area contributed by atoms with Crippen LogP contribution in [0.4, 0.5) is 10.5 Å². The second-order valence-electron chi connectivity index (χ2n) is 7.01. The Hall–Kier alpha value is -3.73. The molecule has 1 aromatic carbocycles. The third-order valence-corrected chi connectivity index (χ3v) is 5.04. The van der Waals surface area contributed by atoms with Crippen LogP contribution in [0.5, 0.6) is 0 Å². The first kappa shape index (κ1) is 18.6. The van der Waals surface area contributed by atoms with Gasteiger partial charge in [0.2, 0.25) is 11.7 Å². The lowest BCUT2D eigenvalue weighted by Gasteiger charge is -2.30. The van der Waals surface area contributed by atoms with Crippen LogP contribution in [-0.4, -0.2) is 39.1 Å². The van der Waals surface area contributed by atoms with Crippen molar-refractivity contribution in [2.45, 2.75) is 25.7 Å². The van der Waals surface area contributed by atoms with E-state index in [4.69, 9.17) is 9.78 Å². The maximum Gasteiger partial charge on any atom is 0.321 e. The third-order valence-electron chi connectivity index (χ3n) is 5.04. The fourth-order valence-corrected chi connectivity index (χ4v) is 3.42. The first-order chi connectivity index (χ1) is 14.1.